The third-order valence-electron chi connectivity index (χ3n) is 5.73. The number of likely N-dealkylation sites (N-methyl/N-ethyl adjacent to an activating group) is 1. The minimum atomic E-state index is -0.325. The summed E-state index contributed by atoms with van der Waals surface area (Å²) >= 11 is 0. The Morgan fingerprint density at radius 1 is 0.853 bits per heavy atom. The number of benzene rings is 3. The first-order valence-electron chi connectivity index (χ1n) is 11.7. The van der Waals surface area contributed by atoms with E-state index in [9.17, 15) is 9.59 Å². The van der Waals surface area contributed by atoms with Gasteiger partial charge in [0.05, 0.1) is 17.9 Å². The lowest BCUT2D eigenvalue weighted by molar-refractivity contribution is -0.120. The minimum absolute atomic E-state index is 0.324. The number of hydrogen-bond donors (Lipinski definition) is 0. The quantitative estimate of drug-likeness (QED) is 0.401. The zero-order valence-electron chi connectivity index (χ0n) is 20.1. The predicted octanol–water partition coefficient (Wildman–Crippen LogP) is 5.84. The third kappa shape index (κ3) is 4.60. The molecule has 0 spiro atoms. The Balaban J connectivity index is 1.81. The average Bonchev–Trinajstić information content (AvgIpc) is 3.10. The normalized spacial score (nSPS) is 13.7. The van der Waals surface area contributed by atoms with E-state index in [0.717, 1.165) is 17.0 Å². The van der Waals surface area contributed by atoms with Crippen molar-refractivity contribution >= 4 is 28.8 Å². The van der Waals surface area contributed by atoms with Crippen LogP contribution in [0.1, 0.15) is 31.9 Å². The molecule has 1 aliphatic rings. The van der Waals surface area contributed by atoms with Crippen LogP contribution in [0.3, 0.4) is 0 Å². The van der Waals surface area contributed by atoms with Gasteiger partial charge in [0.25, 0.3) is 11.8 Å². The van der Waals surface area contributed by atoms with Crippen molar-refractivity contribution in [1.29, 1.82) is 0 Å². The number of anilines is 2. The van der Waals surface area contributed by atoms with Gasteiger partial charge in [-0.2, -0.15) is 0 Å². The fraction of sp³-hybridized carbons (Fsp3) is 0.241. The Bertz CT molecular complexity index is 1200. The smallest absolute Gasteiger partial charge is 0.282 e. The molecule has 0 saturated carbocycles. The highest BCUT2D eigenvalue weighted by atomic mass is 16.5. The van der Waals surface area contributed by atoms with Crippen LogP contribution in [-0.4, -0.2) is 25.0 Å². The first-order chi connectivity index (χ1) is 16.4. The molecule has 34 heavy (non-hydrogen) atoms. The number of nitrogens with zero attached hydrogens (tertiary/aromatic N) is 2. The molecule has 0 radical (unpaired) electrons. The second-order valence-corrected chi connectivity index (χ2v) is 8.81. The van der Waals surface area contributed by atoms with Gasteiger partial charge in [0, 0.05) is 12.2 Å². The number of imide groups is 1. The Labute approximate surface area is 201 Å². The van der Waals surface area contributed by atoms with Gasteiger partial charge in [-0.15, -0.1) is 0 Å². The molecule has 0 fully saturated rings. The van der Waals surface area contributed by atoms with Crippen molar-refractivity contribution in [1.82, 2.24) is 0 Å². The highest BCUT2D eigenvalue weighted by molar-refractivity contribution is 6.46. The van der Waals surface area contributed by atoms with Crippen molar-refractivity contribution in [2.45, 2.75) is 27.7 Å². The van der Waals surface area contributed by atoms with Crippen LogP contribution in [0.4, 0.5) is 11.4 Å². The Morgan fingerprint density at radius 2 is 1.50 bits per heavy atom. The summed E-state index contributed by atoms with van der Waals surface area (Å²) in [5, 5.41) is 0. The fourth-order valence-corrected chi connectivity index (χ4v) is 4.02. The number of carbonyl (C=O) groups excluding carboxylic acids is 2. The zero-order chi connectivity index (χ0) is 24.2. The Hall–Kier alpha value is -3.86. The Morgan fingerprint density at radius 3 is 2.09 bits per heavy atom. The number of aryl methyl sites for hydroxylation is 1. The summed E-state index contributed by atoms with van der Waals surface area (Å²) < 4.78 is 5.81. The standard InChI is InChI=1S/C29H30N2O3/c1-5-30(23-9-7-6-8-10-23)27-26(22-13-17-25(18-14-22)34-19-20(2)3)28(32)31(29(27)33)24-15-11-21(4)12-16-24/h6-18,20H,5,19H2,1-4H3. The molecule has 0 unspecified atom stereocenters. The van der Waals surface area contributed by atoms with Gasteiger partial charge in [-0.25, -0.2) is 4.90 Å². The maximum Gasteiger partial charge on any atom is 0.282 e. The molecular formula is C29H30N2O3. The van der Waals surface area contributed by atoms with Crippen LogP contribution < -0.4 is 14.5 Å². The molecule has 2 amide bonds. The fourth-order valence-electron chi connectivity index (χ4n) is 4.02. The minimum Gasteiger partial charge on any atom is -0.493 e. The second kappa shape index (κ2) is 9.96. The summed E-state index contributed by atoms with van der Waals surface area (Å²) in [6.07, 6.45) is 0. The second-order valence-electron chi connectivity index (χ2n) is 8.81. The van der Waals surface area contributed by atoms with E-state index in [-0.39, 0.29) is 11.8 Å². The first kappa shape index (κ1) is 23.3. The van der Waals surface area contributed by atoms with Crippen molar-refractivity contribution in [3.63, 3.8) is 0 Å². The van der Waals surface area contributed by atoms with Crippen LogP contribution in [0.2, 0.25) is 0 Å². The molecule has 3 aromatic rings. The van der Waals surface area contributed by atoms with Gasteiger partial charge in [0.2, 0.25) is 0 Å². The molecule has 1 heterocycles. The molecule has 0 bridgehead atoms. The van der Waals surface area contributed by atoms with Crippen LogP contribution in [-0.2, 0) is 9.59 Å². The highest BCUT2D eigenvalue weighted by Gasteiger charge is 2.42. The molecule has 174 valence electrons. The van der Waals surface area contributed by atoms with E-state index in [2.05, 4.69) is 13.8 Å². The van der Waals surface area contributed by atoms with Gasteiger partial charge in [-0.05, 0) is 61.7 Å². The number of para-hydroxylation sites is 1. The van der Waals surface area contributed by atoms with Crippen LogP contribution >= 0.6 is 0 Å². The van der Waals surface area contributed by atoms with Gasteiger partial charge >= 0.3 is 0 Å². The number of carbonyl (C=O) groups is 2. The number of amides is 2. The van der Waals surface area contributed by atoms with Gasteiger partial charge in [0.1, 0.15) is 11.4 Å². The molecule has 1 aliphatic heterocycles. The molecule has 0 N–H and O–H groups in total. The largest absolute Gasteiger partial charge is 0.493 e. The van der Waals surface area contributed by atoms with E-state index in [1.807, 2.05) is 97.6 Å². The van der Waals surface area contributed by atoms with Gasteiger partial charge in [-0.3, -0.25) is 9.59 Å². The number of rotatable bonds is 8. The monoisotopic (exact) mass is 454 g/mol. The van der Waals surface area contributed by atoms with E-state index in [1.54, 1.807) is 0 Å². The molecular weight excluding hydrogens is 424 g/mol. The molecule has 5 heteroatoms. The lowest BCUT2D eigenvalue weighted by atomic mass is 10.0. The summed E-state index contributed by atoms with van der Waals surface area (Å²) in [5.74, 6) is 0.501. The summed E-state index contributed by atoms with van der Waals surface area (Å²) in [7, 11) is 0. The first-order valence-corrected chi connectivity index (χ1v) is 11.7. The van der Waals surface area contributed by atoms with E-state index < -0.39 is 0 Å². The lowest BCUT2D eigenvalue weighted by Gasteiger charge is -2.25. The van der Waals surface area contributed by atoms with Crippen LogP contribution in [0.5, 0.6) is 5.75 Å². The molecule has 0 atom stereocenters. The maximum atomic E-state index is 13.8. The van der Waals surface area contributed by atoms with Crippen LogP contribution in [0, 0.1) is 12.8 Å². The summed E-state index contributed by atoms with van der Waals surface area (Å²) in [6, 6.07) is 24.5. The number of ether oxygens (including phenoxy) is 1. The maximum absolute atomic E-state index is 13.8. The van der Waals surface area contributed by atoms with Crippen molar-refractivity contribution in [3.05, 3.63) is 95.7 Å². The van der Waals surface area contributed by atoms with Crippen molar-refractivity contribution in [3.8, 4) is 5.75 Å². The van der Waals surface area contributed by atoms with Crippen molar-refractivity contribution in [2.75, 3.05) is 23.0 Å². The van der Waals surface area contributed by atoms with Gasteiger partial charge in [-0.1, -0.05) is 61.9 Å². The van der Waals surface area contributed by atoms with Crippen molar-refractivity contribution < 1.29 is 14.3 Å². The summed E-state index contributed by atoms with van der Waals surface area (Å²) in [4.78, 5) is 30.7. The predicted molar refractivity (Wildman–Crippen MR) is 137 cm³/mol. The average molecular weight is 455 g/mol. The third-order valence-corrected chi connectivity index (χ3v) is 5.73. The molecule has 3 aromatic carbocycles. The van der Waals surface area contributed by atoms with E-state index in [4.69, 9.17) is 4.74 Å². The summed E-state index contributed by atoms with van der Waals surface area (Å²) in [5.41, 5.74) is 3.96. The zero-order valence-corrected chi connectivity index (χ0v) is 20.1. The lowest BCUT2D eigenvalue weighted by Crippen LogP contribution is -2.35. The van der Waals surface area contributed by atoms with E-state index in [0.29, 0.717) is 41.6 Å². The van der Waals surface area contributed by atoms with Crippen LogP contribution in [0.25, 0.3) is 5.57 Å². The molecule has 5 nitrogen and oxygen atoms in total. The van der Waals surface area contributed by atoms with Gasteiger partial charge in [0.15, 0.2) is 0 Å². The summed E-state index contributed by atoms with van der Waals surface area (Å²) in [6.45, 7) is 9.30. The van der Waals surface area contributed by atoms with E-state index >= 15 is 0 Å². The number of hydrogen-bond acceptors (Lipinski definition) is 4. The van der Waals surface area contributed by atoms with Crippen LogP contribution in [0.15, 0.2) is 84.6 Å². The highest BCUT2D eigenvalue weighted by Crippen LogP contribution is 2.37. The Kier molecular flexibility index (Phi) is 6.82. The molecule has 0 aromatic heterocycles. The van der Waals surface area contributed by atoms with E-state index in [1.165, 1.54) is 4.90 Å². The SMILES string of the molecule is CCN(C1=C(c2ccc(OCC(C)C)cc2)C(=O)N(c2ccc(C)cc2)C1=O)c1ccccc1. The van der Waals surface area contributed by atoms with Crippen molar-refractivity contribution in [2.24, 2.45) is 5.92 Å². The molecule has 4 rings (SSSR count). The topological polar surface area (TPSA) is 49.9 Å². The van der Waals surface area contributed by atoms with Gasteiger partial charge < -0.3 is 9.64 Å². The molecule has 0 saturated heterocycles. The molecule has 0 aliphatic carbocycles.